The van der Waals surface area contributed by atoms with E-state index in [9.17, 15) is 0 Å². The van der Waals surface area contributed by atoms with Crippen molar-refractivity contribution in [2.75, 3.05) is 21.3 Å². The largest absolute Gasteiger partial charge is 0.497 e. The topological polar surface area (TPSA) is 56.3 Å². The number of nitrogens with zero attached hydrogens (tertiary/aromatic N) is 2. The molecule has 1 aromatic heterocycles. The Bertz CT molecular complexity index is 548. The van der Waals surface area contributed by atoms with E-state index in [1.54, 1.807) is 14.2 Å². The van der Waals surface area contributed by atoms with Crippen LogP contribution in [0.4, 0.5) is 0 Å². The number of hydrogen-bond acceptors (Lipinski definition) is 5. The molecule has 106 valence electrons. The van der Waals surface area contributed by atoms with Crippen LogP contribution in [0.5, 0.6) is 11.5 Å². The summed E-state index contributed by atoms with van der Waals surface area (Å²) in [6.07, 6.45) is 3.62. The normalized spacial score (nSPS) is 12.0. The number of nitrogens with one attached hydrogen (secondary N) is 1. The zero-order chi connectivity index (χ0) is 14.5. The van der Waals surface area contributed by atoms with Crippen LogP contribution < -0.4 is 14.8 Å². The number of ether oxygens (including phenoxy) is 2. The van der Waals surface area contributed by atoms with Gasteiger partial charge >= 0.3 is 0 Å². The Morgan fingerprint density at radius 1 is 1.00 bits per heavy atom. The maximum atomic E-state index is 5.30. The predicted molar refractivity (Wildman–Crippen MR) is 77.2 cm³/mol. The number of rotatable bonds is 5. The molecule has 2 aromatic rings. The Balaban J connectivity index is 2.42. The lowest BCUT2D eigenvalue weighted by Gasteiger charge is -2.17. The summed E-state index contributed by atoms with van der Waals surface area (Å²) in [6.45, 7) is 1.97. The summed E-state index contributed by atoms with van der Waals surface area (Å²) >= 11 is 0. The molecule has 0 aliphatic heterocycles. The lowest BCUT2D eigenvalue weighted by atomic mass is 10.1. The number of aromatic nitrogens is 2. The van der Waals surface area contributed by atoms with E-state index in [0.29, 0.717) is 5.82 Å². The van der Waals surface area contributed by atoms with E-state index in [-0.39, 0.29) is 6.04 Å². The van der Waals surface area contributed by atoms with Crippen LogP contribution in [0.3, 0.4) is 0 Å². The first-order valence-electron chi connectivity index (χ1n) is 6.36. The van der Waals surface area contributed by atoms with E-state index in [2.05, 4.69) is 15.3 Å². The Hall–Kier alpha value is -2.14. The maximum Gasteiger partial charge on any atom is 0.149 e. The Labute approximate surface area is 119 Å². The minimum atomic E-state index is -0.111. The average molecular weight is 273 g/mol. The predicted octanol–water partition coefficient (Wildman–Crippen LogP) is 2.11. The molecule has 1 atom stereocenters. The summed E-state index contributed by atoms with van der Waals surface area (Å²) in [5, 5.41) is 3.22. The van der Waals surface area contributed by atoms with E-state index >= 15 is 0 Å². The summed E-state index contributed by atoms with van der Waals surface area (Å²) in [7, 11) is 5.14. The van der Waals surface area contributed by atoms with E-state index in [0.717, 1.165) is 22.6 Å². The van der Waals surface area contributed by atoms with Gasteiger partial charge in [-0.25, -0.2) is 9.97 Å². The van der Waals surface area contributed by atoms with Crippen molar-refractivity contribution in [3.8, 4) is 11.5 Å². The minimum absolute atomic E-state index is 0.111. The monoisotopic (exact) mass is 273 g/mol. The van der Waals surface area contributed by atoms with Crippen molar-refractivity contribution >= 4 is 0 Å². The first-order chi connectivity index (χ1) is 9.67. The third-order valence-corrected chi connectivity index (χ3v) is 3.05. The van der Waals surface area contributed by atoms with E-state index in [1.165, 1.54) is 0 Å². The van der Waals surface area contributed by atoms with E-state index < -0.39 is 0 Å². The molecule has 0 bridgehead atoms. The molecule has 2 rings (SSSR count). The van der Waals surface area contributed by atoms with Gasteiger partial charge in [0.15, 0.2) is 0 Å². The van der Waals surface area contributed by atoms with Gasteiger partial charge in [0, 0.05) is 18.5 Å². The van der Waals surface area contributed by atoms with Crippen LogP contribution in [0.15, 0.2) is 30.6 Å². The van der Waals surface area contributed by atoms with Crippen LogP contribution in [-0.4, -0.2) is 31.2 Å². The molecule has 0 saturated heterocycles. The molecule has 5 heteroatoms. The van der Waals surface area contributed by atoms with Crippen LogP contribution in [-0.2, 0) is 0 Å². The highest BCUT2D eigenvalue weighted by molar-refractivity contribution is 5.41. The van der Waals surface area contributed by atoms with Crippen molar-refractivity contribution in [1.29, 1.82) is 0 Å². The zero-order valence-electron chi connectivity index (χ0n) is 12.2. The van der Waals surface area contributed by atoms with Gasteiger partial charge in [-0.2, -0.15) is 0 Å². The first kappa shape index (κ1) is 14.3. The van der Waals surface area contributed by atoms with Crippen molar-refractivity contribution < 1.29 is 9.47 Å². The first-order valence-corrected chi connectivity index (χ1v) is 6.36. The summed E-state index contributed by atoms with van der Waals surface area (Å²) in [6, 6.07) is 5.63. The van der Waals surface area contributed by atoms with Crippen LogP contribution in [0, 0.1) is 6.92 Å². The van der Waals surface area contributed by atoms with Crippen LogP contribution in [0.2, 0.25) is 0 Å². The molecule has 1 heterocycles. The van der Waals surface area contributed by atoms with Gasteiger partial charge in [0.25, 0.3) is 0 Å². The molecule has 1 unspecified atom stereocenters. The van der Waals surface area contributed by atoms with Crippen LogP contribution in [0.1, 0.15) is 23.0 Å². The molecule has 0 saturated carbocycles. The second-order valence-electron chi connectivity index (χ2n) is 4.49. The van der Waals surface area contributed by atoms with Gasteiger partial charge < -0.3 is 14.8 Å². The average Bonchev–Trinajstić information content (AvgIpc) is 2.49. The highest BCUT2D eigenvalue weighted by Gasteiger charge is 2.16. The molecule has 0 aliphatic rings. The minimum Gasteiger partial charge on any atom is -0.497 e. The number of aryl methyl sites for hydroxylation is 1. The fraction of sp³-hybridized carbons (Fsp3) is 0.333. The second kappa shape index (κ2) is 6.34. The Kier molecular flexibility index (Phi) is 4.53. The summed E-state index contributed by atoms with van der Waals surface area (Å²) in [5.74, 6) is 2.20. The maximum absolute atomic E-state index is 5.30. The fourth-order valence-corrected chi connectivity index (χ4v) is 1.99. The number of methoxy groups -OCH3 is 2. The molecule has 0 spiro atoms. The van der Waals surface area contributed by atoms with Gasteiger partial charge in [-0.1, -0.05) is 0 Å². The molecule has 0 amide bonds. The zero-order valence-corrected chi connectivity index (χ0v) is 12.2. The van der Waals surface area contributed by atoms with Crippen LogP contribution in [0.25, 0.3) is 0 Å². The quantitative estimate of drug-likeness (QED) is 0.904. The number of hydrogen-bond donors (Lipinski definition) is 1. The van der Waals surface area contributed by atoms with Crippen molar-refractivity contribution in [3.05, 3.63) is 47.5 Å². The standard InChI is InChI=1S/C15H19N3O2/c1-10-8-17-15(18-9-10)14(16-2)11-5-12(19-3)7-13(6-11)20-4/h5-9,14,16H,1-4H3. The molecular weight excluding hydrogens is 254 g/mol. The summed E-state index contributed by atoms with van der Waals surface area (Å²) in [5.41, 5.74) is 2.03. The summed E-state index contributed by atoms with van der Waals surface area (Å²) in [4.78, 5) is 8.76. The van der Waals surface area contributed by atoms with Gasteiger partial charge in [0.2, 0.25) is 0 Å². The van der Waals surface area contributed by atoms with Gasteiger partial charge in [0.05, 0.1) is 20.3 Å². The lowest BCUT2D eigenvalue weighted by Crippen LogP contribution is -2.20. The van der Waals surface area contributed by atoms with Crippen LogP contribution >= 0.6 is 0 Å². The van der Waals surface area contributed by atoms with Crippen molar-refractivity contribution in [2.24, 2.45) is 0 Å². The summed E-state index contributed by atoms with van der Waals surface area (Å²) < 4.78 is 10.6. The highest BCUT2D eigenvalue weighted by Crippen LogP contribution is 2.28. The number of benzene rings is 1. The second-order valence-corrected chi connectivity index (χ2v) is 4.49. The van der Waals surface area contributed by atoms with Gasteiger partial charge in [-0.05, 0) is 37.2 Å². The smallest absolute Gasteiger partial charge is 0.149 e. The Morgan fingerprint density at radius 2 is 1.55 bits per heavy atom. The van der Waals surface area contributed by atoms with Gasteiger partial charge in [0.1, 0.15) is 17.3 Å². The van der Waals surface area contributed by atoms with Crippen molar-refractivity contribution in [2.45, 2.75) is 13.0 Å². The molecule has 20 heavy (non-hydrogen) atoms. The van der Waals surface area contributed by atoms with Gasteiger partial charge in [-0.15, -0.1) is 0 Å². The fourth-order valence-electron chi connectivity index (χ4n) is 1.99. The molecule has 0 radical (unpaired) electrons. The molecule has 0 fully saturated rings. The molecule has 1 N–H and O–H groups in total. The van der Waals surface area contributed by atoms with Crippen molar-refractivity contribution in [1.82, 2.24) is 15.3 Å². The lowest BCUT2D eigenvalue weighted by molar-refractivity contribution is 0.392. The SMILES string of the molecule is CNC(c1cc(OC)cc(OC)c1)c1ncc(C)cn1. The third kappa shape index (κ3) is 3.05. The van der Waals surface area contributed by atoms with Crippen molar-refractivity contribution in [3.63, 3.8) is 0 Å². The molecule has 0 aliphatic carbocycles. The third-order valence-electron chi connectivity index (χ3n) is 3.05. The molecule has 1 aromatic carbocycles. The van der Waals surface area contributed by atoms with E-state index in [1.807, 2.05) is 44.6 Å². The molecular formula is C15H19N3O2. The molecule has 5 nitrogen and oxygen atoms in total. The Morgan fingerprint density at radius 3 is 2.00 bits per heavy atom. The highest BCUT2D eigenvalue weighted by atomic mass is 16.5. The van der Waals surface area contributed by atoms with E-state index in [4.69, 9.17) is 9.47 Å². The van der Waals surface area contributed by atoms with Gasteiger partial charge in [-0.3, -0.25) is 0 Å².